The SMILES string of the molecule is CN1C(=O)c2cccc(OC(F)F)c2C2CC1c1nn3cnc(C4=CC(=O)N(C(C)(C)CN)CC4)cc3c12. The van der Waals surface area contributed by atoms with E-state index in [1.54, 1.807) is 45.9 Å². The molecule has 0 fully saturated rings. The molecule has 0 spiro atoms. The fraction of sp³-hybridized carbons (Fsp3) is 0.407. The summed E-state index contributed by atoms with van der Waals surface area (Å²) in [5, 5.41) is 4.75. The maximum Gasteiger partial charge on any atom is 0.387 e. The Morgan fingerprint density at radius 1 is 1.24 bits per heavy atom. The first-order valence-electron chi connectivity index (χ1n) is 12.6. The minimum Gasteiger partial charge on any atom is -0.434 e. The molecule has 2 atom stereocenters. The fourth-order valence-corrected chi connectivity index (χ4v) is 6.00. The average Bonchev–Trinajstić information content (AvgIpc) is 3.41. The standard InChI is InChI=1S/C27H28F2N6O3/c1-27(2,12-30)34-8-7-14(9-21(34)36)17-11-18-23-16-10-19(24(23)32-35(18)13-31-17)33(3)25(37)15-5-4-6-20(22(15)16)38-26(28)29/h4-6,9,11,13,16,19,26H,7-8,10,12,30H2,1-3H3. The first-order valence-corrected chi connectivity index (χ1v) is 12.6. The molecule has 6 rings (SSSR count). The number of amides is 2. The molecule has 2 bridgehead atoms. The number of carbonyl (C=O) groups is 2. The Hall–Kier alpha value is -3.86. The molecular formula is C27H28F2N6O3. The van der Waals surface area contributed by atoms with Gasteiger partial charge < -0.3 is 20.3 Å². The van der Waals surface area contributed by atoms with Gasteiger partial charge in [-0.25, -0.2) is 9.50 Å². The van der Waals surface area contributed by atoms with Crippen molar-refractivity contribution < 1.29 is 23.1 Å². The molecule has 0 saturated heterocycles. The highest BCUT2D eigenvalue weighted by Gasteiger charge is 2.46. The minimum absolute atomic E-state index is 0.00502. The highest BCUT2D eigenvalue weighted by Crippen LogP contribution is 2.53. The van der Waals surface area contributed by atoms with Crippen molar-refractivity contribution in [1.82, 2.24) is 24.4 Å². The van der Waals surface area contributed by atoms with E-state index < -0.39 is 12.2 Å². The van der Waals surface area contributed by atoms with E-state index in [0.717, 1.165) is 16.7 Å². The first kappa shape index (κ1) is 24.5. The van der Waals surface area contributed by atoms with Crippen LogP contribution in [-0.4, -0.2) is 68.5 Å². The lowest BCUT2D eigenvalue weighted by atomic mass is 9.88. The summed E-state index contributed by atoms with van der Waals surface area (Å²) in [6, 6.07) is 6.26. The van der Waals surface area contributed by atoms with E-state index in [2.05, 4.69) is 4.98 Å². The maximum atomic E-state index is 13.3. The number of nitrogens with zero attached hydrogens (tertiary/aromatic N) is 5. The molecule has 2 aromatic heterocycles. The third kappa shape index (κ3) is 3.59. The zero-order valence-electron chi connectivity index (χ0n) is 21.3. The third-order valence-electron chi connectivity index (χ3n) is 8.09. The smallest absolute Gasteiger partial charge is 0.387 e. The van der Waals surface area contributed by atoms with Gasteiger partial charge in [0.05, 0.1) is 22.9 Å². The summed E-state index contributed by atoms with van der Waals surface area (Å²) < 4.78 is 33.2. The number of ether oxygens (including phenoxy) is 1. The molecule has 198 valence electrons. The number of hydrogen-bond acceptors (Lipinski definition) is 6. The summed E-state index contributed by atoms with van der Waals surface area (Å²) in [7, 11) is 1.70. The number of halogens is 2. The van der Waals surface area contributed by atoms with Crippen LogP contribution >= 0.6 is 0 Å². The Balaban J connectivity index is 1.47. The second-order valence-corrected chi connectivity index (χ2v) is 10.6. The van der Waals surface area contributed by atoms with E-state index in [4.69, 9.17) is 15.6 Å². The maximum absolute atomic E-state index is 13.3. The van der Waals surface area contributed by atoms with Crippen molar-refractivity contribution in [3.8, 4) is 5.75 Å². The van der Waals surface area contributed by atoms with Crippen molar-refractivity contribution in [3.63, 3.8) is 0 Å². The monoisotopic (exact) mass is 522 g/mol. The summed E-state index contributed by atoms with van der Waals surface area (Å²) in [6.07, 6.45) is 4.33. The molecule has 38 heavy (non-hydrogen) atoms. The molecule has 9 nitrogen and oxygen atoms in total. The van der Waals surface area contributed by atoms with Crippen molar-refractivity contribution in [1.29, 1.82) is 0 Å². The van der Waals surface area contributed by atoms with E-state index in [9.17, 15) is 18.4 Å². The Labute approximate surface area is 217 Å². The molecule has 3 aliphatic rings. The number of aromatic nitrogens is 3. The molecule has 2 N–H and O–H groups in total. The van der Waals surface area contributed by atoms with Crippen LogP contribution in [-0.2, 0) is 4.79 Å². The topological polar surface area (TPSA) is 106 Å². The zero-order valence-corrected chi connectivity index (χ0v) is 21.3. The van der Waals surface area contributed by atoms with Crippen LogP contribution in [0.5, 0.6) is 5.75 Å². The van der Waals surface area contributed by atoms with Crippen LogP contribution in [0, 0.1) is 0 Å². The van der Waals surface area contributed by atoms with Gasteiger partial charge in [-0.1, -0.05) is 6.07 Å². The molecule has 4 heterocycles. The molecule has 2 aliphatic heterocycles. The minimum atomic E-state index is -3.02. The predicted octanol–water partition coefficient (Wildman–Crippen LogP) is 3.35. The number of nitrogens with two attached hydrogens (primary N) is 1. The van der Waals surface area contributed by atoms with E-state index in [-0.39, 0.29) is 29.5 Å². The lowest BCUT2D eigenvalue weighted by Crippen LogP contribution is -2.53. The number of fused-ring (bicyclic) bond motifs is 9. The molecular weight excluding hydrogens is 494 g/mol. The normalized spacial score (nSPS) is 21.1. The Kier molecular flexibility index (Phi) is 5.53. The largest absolute Gasteiger partial charge is 0.434 e. The van der Waals surface area contributed by atoms with E-state index in [1.807, 2.05) is 19.9 Å². The van der Waals surface area contributed by atoms with Crippen LogP contribution < -0.4 is 10.5 Å². The van der Waals surface area contributed by atoms with Crippen LogP contribution in [0.2, 0.25) is 0 Å². The second kappa shape index (κ2) is 8.59. The molecule has 11 heteroatoms. The Bertz CT molecular complexity index is 1510. The first-order chi connectivity index (χ1) is 18.1. The Morgan fingerprint density at radius 2 is 2.03 bits per heavy atom. The summed E-state index contributed by atoms with van der Waals surface area (Å²) in [6.45, 7) is 1.74. The van der Waals surface area contributed by atoms with Crippen LogP contribution in [0.3, 0.4) is 0 Å². The van der Waals surface area contributed by atoms with Gasteiger partial charge in [0.15, 0.2) is 0 Å². The summed E-state index contributed by atoms with van der Waals surface area (Å²) in [4.78, 5) is 34.2. The second-order valence-electron chi connectivity index (χ2n) is 10.6. The fourth-order valence-electron chi connectivity index (χ4n) is 6.00. The van der Waals surface area contributed by atoms with E-state index in [1.165, 1.54) is 6.07 Å². The highest BCUT2D eigenvalue weighted by molar-refractivity contribution is 5.99. The number of hydrogen-bond donors (Lipinski definition) is 1. The van der Waals surface area contributed by atoms with Crippen molar-refractivity contribution in [2.24, 2.45) is 5.73 Å². The number of carbonyl (C=O) groups excluding carboxylic acids is 2. The molecule has 2 unspecified atom stereocenters. The molecule has 0 saturated carbocycles. The number of alkyl halides is 2. The van der Waals surface area contributed by atoms with Crippen LogP contribution in [0.15, 0.2) is 36.7 Å². The van der Waals surface area contributed by atoms with Gasteiger partial charge in [-0.3, -0.25) is 9.59 Å². The molecule has 2 amide bonds. The van der Waals surface area contributed by atoms with Gasteiger partial charge in [0.2, 0.25) is 5.91 Å². The molecule has 1 aliphatic carbocycles. The van der Waals surface area contributed by atoms with Crippen molar-refractivity contribution >= 4 is 22.9 Å². The predicted molar refractivity (Wildman–Crippen MR) is 135 cm³/mol. The summed E-state index contributed by atoms with van der Waals surface area (Å²) in [5.74, 6) is -0.749. The van der Waals surface area contributed by atoms with Gasteiger partial charge in [0.1, 0.15) is 12.1 Å². The Morgan fingerprint density at radius 3 is 2.74 bits per heavy atom. The van der Waals surface area contributed by atoms with Crippen LogP contribution in [0.4, 0.5) is 8.78 Å². The molecule has 0 radical (unpaired) electrons. The average molecular weight is 523 g/mol. The lowest BCUT2D eigenvalue weighted by Gasteiger charge is -2.39. The van der Waals surface area contributed by atoms with E-state index >= 15 is 0 Å². The van der Waals surface area contributed by atoms with E-state index in [0.29, 0.717) is 48.4 Å². The van der Waals surface area contributed by atoms with Gasteiger partial charge in [0.25, 0.3) is 5.91 Å². The third-order valence-corrected chi connectivity index (χ3v) is 8.09. The van der Waals surface area contributed by atoms with Gasteiger partial charge >= 0.3 is 6.61 Å². The van der Waals surface area contributed by atoms with Crippen molar-refractivity contribution in [2.75, 3.05) is 20.1 Å². The highest BCUT2D eigenvalue weighted by atomic mass is 19.3. The quantitative estimate of drug-likeness (QED) is 0.551. The van der Waals surface area contributed by atoms with Gasteiger partial charge in [0, 0.05) is 54.4 Å². The van der Waals surface area contributed by atoms with Gasteiger partial charge in [-0.05, 0) is 50.5 Å². The number of benzene rings is 1. The van der Waals surface area contributed by atoms with Gasteiger partial charge in [-0.15, -0.1) is 0 Å². The zero-order chi connectivity index (χ0) is 26.9. The van der Waals surface area contributed by atoms with Crippen LogP contribution in [0.25, 0.3) is 11.1 Å². The van der Waals surface area contributed by atoms with Crippen molar-refractivity contribution in [2.45, 2.75) is 50.8 Å². The lowest BCUT2D eigenvalue weighted by molar-refractivity contribution is -0.131. The summed E-state index contributed by atoms with van der Waals surface area (Å²) in [5.41, 5.74) is 10.0. The molecule has 1 aromatic carbocycles. The number of rotatable bonds is 5. The molecule has 3 aromatic rings. The van der Waals surface area contributed by atoms with Crippen LogP contribution in [0.1, 0.15) is 71.5 Å². The van der Waals surface area contributed by atoms with Crippen molar-refractivity contribution in [3.05, 3.63) is 64.7 Å². The summed E-state index contributed by atoms with van der Waals surface area (Å²) >= 11 is 0. The van der Waals surface area contributed by atoms with Gasteiger partial charge in [-0.2, -0.15) is 13.9 Å².